The second-order valence-corrected chi connectivity index (χ2v) is 5.58. The maximum atomic E-state index is 11.9. The molecule has 1 N–H and O–H groups in total. The van der Waals surface area contributed by atoms with Crippen LogP contribution in [0, 0.1) is 10.1 Å². The molecule has 0 aliphatic rings. The first-order valence-electron chi connectivity index (χ1n) is 6.25. The molecule has 0 bridgehead atoms. The number of thiazole rings is 1. The zero-order chi connectivity index (χ0) is 16.4. The molecule has 0 aliphatic carbocycles. The zero-order valence-corrected chi connectivity index (χ0v) is 12.9. The lowest BCUT2D eigenvalue weighted by Crippen LogP contribution is -2.17. The van der Waals surface area contributed by atoms with Crippen molar-refractivity contribution in [3.63, 3.8) is 0 Å². The van der Waals surface area contributed by atoms with Crippen molar-refractivity contribution in [2.75, 3.05) is 0 Å². The maximum Gasteiger partial charge on any atom is 0.271 e. The third kappa shape index (κ3) is 3.05. The van der Waals surface area contributed by atoms with E-state index in [9.17, 15) is 14.9 Å². The second-order valence-electron chi connectivity index (χ2n) is 4.35. The van der Waals surface area contributed by atoms with Gasteiger partial charge in [0.25, 0.3) is 11.6 Å². The Morgan fingerprint density at radius 2 is 2.17 bits per heavy atom. The molecule has 10 heteroatoms. The highest BCUT2D eigenvalue weighted by Crippen LogP contribution is 2.19. The predicted octanol–water partition coefficient (Wildman–Crippen LogP) is 2.72. The molecule has 23 heavy (non-hydrogen) atoms. The van der Waals surface area contributed by atoms with E-state index in [0.29, 0.717) is 5.69 Å². The Morgan fingerprint density at radius 1 is 1.43 bits per heavy atom. The fraction of sp³-hybridized carbons (Fsp3) is 0. The Balaban J connectivity index is 1.72. The lowest BCUT2D eigenvalue weighted by molar-refractivity contribution is -0.384. The van der Waals surface area contributed by atoms with E-state index in [1.807, 2.05) is 5.38 Å². The Hall–Kier alpha value is -2.78. The zero-order valence-electron chi connectivity index (χ0n) is 11.3. The maximum absolute atomic E-state index is 11.9. The summed E-state index contributed by atoms with van der Waals surface area (Å²) in [7, 11) is 0. The van der Waals surface area contributed by atoms with Gasteiger partial charge < -0.3 is 0 Å². The Bertz CT molecular complexity index is 915. The molecule has 1 amide bonds. The number of halogens is 1. The molecule has 8 nitrogen and oxygen atoms in total. The van der Waals surface area contributed by atoms with Gasteiger partial charge in [-0.15, -0.1) is 11.3 Å². The Kier molecular flexibility index (Phi) is 4.04. The van der Waals surface area contributed by atoms with Crippen LogP contribution in [0.3, 0.4) is 0 Å². The topological polar surface area (TPSA) is 102 Å². The summed E-state index contributed by atoms with van der Waals surface area (Å²) in [6.07, 6.45) is 3.18. The number of carbonyl (C=O) groups is 1. The first-order valence-corrected chi connectivity index (χ1v) is 7.51. The van der Waals surface area contributed by atoms with Crippen LogP contribution in [-0.2, 0) is 0 Å². The first-order chi connectivity index (χ1) is 11.1. The standard InChI is InChI=1S/C13H8ClN5O3S/c14-11-10(18-5-6-23-13(18)16-11)7-15-17-12(20)8-1-3-9(4-2-8)19(21)22/h1-7H,(H,17,20)/b15-7-. The minimum absolute atomic E-state index is 0.0871. The normalized spacial score (nSPS) is 11.2. The van der Waals surface area contributed by atoms with Gasteiger partial charge in [-0.1, -0.05) is 11.6 Å². The molecule has 0 spiro atoms. The molecule has 0 saturated heterocycles. The first kappa shape index (κ1) is 15.1. The molecular formula is C13H8ClN5O3S. The van der Waals surface area contributed by atoms with E-state index in [4.69, 9.17) is 11.6 Å². The smallest absolute Gasteiger partial charge is 0.271 e. The van der Waals surface area contributed by atoms with Crippen LogP contribution in [0.1, 0.15) is 16.1 Å². The van der Waals surface area contributed by atoms with Crippen LogP contribution in [0.5, 0.6) is 0 Å². The highest BCUT2D eigenvalue weighted by molar-refractivity contribution is 7.15. The van der Waals surface area contributed by atoms with Crippen molar-refractivity contribution in [3.8, 4) is 0 Å². The number of benzene rings is 1. The largest absolute Gasteiger partial charge is 0.288 e. The molecule has 0 fully saturated rings. The third-order valence-electron chi connectivity index (χ3n) is 2.95. The van der Waals surface area contributed by atoms with Crippen molar-refractivity contribution < 1.29 is 9.72 Å². The van der Waals surface area contributed by atoms with Crippen LogP contribution in [-0.4, -0.2) is 26.4 Å². The minimum atomic E-state index is -0.534. The number of carbonyl (C=O) groups excluding carboxylic acids is 1. The average molecular weight is 350 g/mol. The summed E-state index contributed by atoms with van der Waals surface area (Å²) in [5.74, 6) is -0.488. The van der Waals surface area contributed by atoms with Gasteiger partial charge in [0.1, 0.15) is 5.69 Å². The van der Waals surface area contributed by atoms with Gasteiger partial charge in [0.05, 0.1) is 11.1 Å². The molecule has 3 aromatic rings. The van der Waals surface area contributed by atoms with Crippen LogP contribution in [0.15, 0.2) is 40.9 Å². The molecule has 0 unspecified atom stereocenters. The molecule has 3 rings (SSSR count). The number of nitro groups is 1. The predicted molar refractivity (Wildman–Crippen MR) is 86.2 cm³/mol. The molecule has 1 aromatic carbocycles. The molecular weight excluding hydrogens is 342 g/mol. The van der Waals surface area contributed by atoms with Gasteiger partial charge in [0.15, 0.2) is 10.1 Å². The highest BCUT2D eigenvalue weighted by atomic mass is 35.5. The van der Waals surface area contributed by atoms with Crippen LogP contribution < -0.4 is 5.43 Å². The van der Waals surface area contributed by atoms with Crippen molar-refractivity contribution in [2.24, 2.45) is 5.10 Å². The van der Waals surface area contributed by atoms with Crippen LogP contribution in [0.25, 0.3) is 4.96 Å². The summed E-state index contributed by atoms with van der Waals surface area (Å²) in [5.41, 5.74) is 3.05. The summed E-state index contributed by atoms with van der Waals surface area (Å²) < 4.78 is 1.74. The van der Waals surface area contributed by atoms with E-state index in [-0.39, 0.29) is 16.4 Å². The van der Waals surface area contributed by atoms with Crippen LogP contribution in [0.4, 0.5) is 5.69 Å². The van der Waals surface area contributed by atoms with Gasteiger partial charge in [-0.3, -0.25) is 19.3 Å². The number of rotatable bonds is 4. The van der Waals surface area contributed by atoms with Crippen molar-refractivity contribution in [3.05, 3.63) is 62.4 Å². The second kappa shape index (κ2) is 6.15. The van der Waals surface area contributed by atoms with Crippen LogP contribution >= 0.6 is 22.9 Å². The van der Waals surface area contributed by atoms with Gasteiger partial charge in [-0.05, 0) is 12.1 Å². The number of nitrogens with zero attached hydrogens (tertiary/aromatic N) is 4. The number of amides is 1. The third-order valence-corrected chi connectivity index (χ3v) is 3.98. The van der Waals surface area contributed by atoms with E-state index in [0.717, 1.165) is 4.96 Å². The Morgan fingerprint density at radius 3 is 2.87 bits per heavy atom. The van der Waals surface area contributed by atoms with E-state index >= 15 is 0 Å². The summed E-state index contributed by atoms with van der Waals surface area (Å²) in [6, 6.07) is 5.21. The van der Waals surface area contributed by atoms with Crippen molar-refractivity contribution >= 4 is 45.7 Å². The number of aromatic nitrogens is 2. The van der Waals surface area contributed by atoms with Crippen molar-refractivity contribution in [2.45, 2.75) is 0 Å². The summed E-state index contributed by atoms with van der Waals surface area (Å²) in [5, 5.41) is 16.5. The molecule has 116 valence electrons. The number of fused-ring (bicyclic) bond motifs is 1. The lowest BCUT2D eigenvalue weighted by atomic mass is 10.2. The van der Waals surface area contributed by atoms with Gasteiger partial charge in [-0.2, -0.15) is 5.10 Å². The fourth-order valence-electron chi connectivity index (χ4n) is 1.84. The molecule has 2 aromatic heterocycles. The number of hydrogen-bond acceptors (Lipinski definition) is 6. The van der Waals surface area contributed by atoms with E-state index in [1.165, 1.54) is 41.8 Å². The number of nitro benzene ring substituents is 1. The van der Waals surface area contributed by atoms with Gasteiger partial charge >= 0.3 is 0 Å². The number of imidazole rings is 1. The number of non-ortho nitro benzene ring substituents is 1. The quantitative estimate of drug-likeness (QED) is 0.444. The lowest BCUT2D eigenvalue weighted by Gasteiger charge is -1.99. The minimum Gasteiger partial charge on any atom is -0.288 e. The Labute approximate surface area is 138 Å². The fourth-order valence-corrected chi connectivity index (χ4v) is 2.83. The SMILES string of the molecule is O=C(N/N=C\c1c(Cl)nc2sccn12)c1ccc([N+](=O)[O-])cc1. The van der Waals surface area contributed by atoms with Gasteiger partial charge in [-0.25, -0.2) is 10.4 Å². The van der Waals surface area contributed by atoms with E-state index in [2.05, 4.69) is 15.5 Å². The number of hydrogen-bond donors (Lipinski definition) is 1. The summed E-state index contributed by atoms with van der Waals surface area (Å²) in [4.78, 5) is 26.8. The van der Waals surface area contributed by atoms with Crippen molar-refractivity contribution in [1.29, 1.82) is 0 Å². The summed E-state index contributed by atoms with van der Waals surface area (Å²) >= 11 is 7.42. The average Bonchev–Trinajstić information content (AvgIpc) is 3.09. The highest BCUT2D eigenvalue weighted by Gasteiger charge is 2.10. The molecule has 0 saturated carbocycles. The molecule has 0 aliphatic heterocycles. The molecule has 0 radical (unpaired) electrons. The number of nitrogens with one attached hydrogen (secondary N) is 1. The van der Waals surface area contributed by atoms with Gasteiger partial charge in [0.2, 0.25) is 0 Å². The summed E-state index contributed by atoms with van der Waals surface area (Å²) in [6.45, 7) is 0. The monoisotopic (exact) mass is 349 g/mol. The molecule has 0 atom stereocenters. The van der Waals surface area contributed by atoms with E-state index < -0.39 is 10.8 Å². The number of hydrazone groups is 1. The molecule has 2 heterocycles. The van der Waals surface area contributed by atoms with Crippen molar-refractivity contribution in [1.82, 2.24) is 14.8 Å². The van der Waals surface area contributed by atoms with Crippen LogP contribution in [0.2, 0.25) is 5.15 Å². The van der Waals surface area contributed by atoms with Gasteiger partial charge in [0, 0.05) is 29.3 Å². The van der Waals surface area contributed by atoms with E-state index in [1.54, 1.807) is 10.6 Å².